The Morgan fingerprint density at radius 3 is 2.50 bits per heavy atom. The zero-order valence-electron chi connectivity index (χ0n) is 12.6. The molecule has 1 N–H and O–H groups in total. The molecular weight excluding hydrogens is 256 g/mol. The van der Waals surface area contributed by atoms with Crippen LogP contribution in [0.25, 0.3) is 0 Å². The van der Waals surface area contributed by atoms with Crippen LogP contribution in [0.15, 0.2) is 0 Å². The molecule has 1 aliphatic carbocycles. The van der Waals surface area contributed by atoms with Crippen molar-refractivity contribution in [2.75, 3.05) is 18.5 Å². The summed E-state index contributed by atoms with van der Waals surface area (Å²) in [5.41, 5.74) is 0. The molecule has 1 fully saturated rings. The molecule has 0 amide bonds. The Bertz CT molecular complexity index is 420. The van der Waals surface area contributed by atoms with Crippen LogP contribution in [-0.4, -0.2) is 34.2 Å². The molecule has 1 aromatic rings. The van der Waals surface area contributed by atoms with Gasteiger partial charge in [0, 0.05) is 6.54 Å². The Morgan fingerprint density at radius 2 is 1.85 bits per heavy atom. The lowest BCUT2D eigenvalue weighted by molar-refractivity contribution is 0.203. The number of ether oxygens (including phenoxy) is 2. The fraction of sp³-hybridized carbons (Fsp3) is 0.786. The maximum absolute atomic E-state index is 5.72. The number of aromatic nitrogens is 3. The summed E-state index contributed by atoms with van der Waals surface area (Å²) >= 11 is 0. The number of hydrogen-bond acceptors (Lipinski definition) is 6. The number of anilines is 1. The van der Waals surface area contributed by atoms with Crippen molar-refractivity contribution in [1.82, 2.24) is 15.0 Å². The van der Waals surface area contributed by atoms with E-state index in [0.717, 1.165) is 6.54 Å². The molecule has 1 aromatic heterocycles. The van der Waals surface area contributed by atoms with Crippen LogP contribution in [0.1, 0.15) is 46.5 Å². The smallest absolute Gasteiger partial charge is 0.324 e. The maximum Gasteiger partial charge on any atom is 0.324 e. The summed E-state index contributed by atoms with van der Waals surface area (Å²) in [7, 11) is 0. The zero-order valence-corrected chi connectivity index (χ0v) is 12.6. The van der Waals surface area contributed by atoms with E-state index in [-0.39, 0.29) is 6.10 Å². The second-order valence-corrected chi connectivity index (χ2v) is 5.38. The van der Waals surface area contributed by atoms with Crippen molar-refractivity contribution in [3.05, 3.63) is 0 Å². The van der Waals surface area contributed by atoms with Gasteiger partial charge in [-0.05, 0) is 39.5 Å². The van der Waals surface area contributed by atoms with Gasteiger partial charge in [0.25, 0.3) is 0 Å². The molecule has 0 atom stereocenters. The van der Waals surface area contributed by atoms with Crippen molar-refractivity contribution >= 4 is 5.95 Å². The molecule has 112 valence electrons. The van der Waals surface area contributed by atoms with Gasteiger partial charge < -0.3 is 14.8 Å². The van der Waals surface area contributed by atoms with Gasteiger partial charge in [-0.1, -0.05) is 12.8 Å². The molecule has 0 aliphatic heterocycles. The standard InChI is InChI=1S/C14H24N4O2/c1-4-15-12-16-13(18-14(17-12)20-10(2)3)19-9-11-7-5-6-8-11/h10-11H,4-9H2,1-3H3,(H,15,16,17,18). The Kier molecular flexibility index (Phi) is 5.38. The molecule has 0 aromatic carbocycles. The van der Waals surface area contributed by atoms with E-state index in [0.29, 0.717) is 30.5 Å². The first-order chi connectivity index (χ1) is 9.67. The van der Waals surface area contributed by atoms with E-state index >= 15 is 0 Å². The van der Waals surface area contributed by atoms with Crippen molar-refractivity contribution in [1.29, 1.82) is 0 Å². The van der Waals surface area contributed by atoms with Crippen molar-refractivity contribution in [2.45, 2.75) is 52.6 Å². The van der Waals surface area contributed by atoms with Crippen LogP contribution in [-0.2, 0) is 0 Å². The Hall–Kier alpha value is -1.59. The van der Waals surface area contributed by atoms with E-state index in [9.17, 15) is 0 Å². The minimum atomic E-state index is 0.0227. The second-order valence-electron chi connectivity index (χ2n) is 5.38. The molecule has 2 rings (SSSR count). The van der Waals surface area contributed by atoms with Gasteiger partial charge in [-0.3, -0.25) is 0 Å². The molecule has 1 aliphatic rings. The van der Waals surface area contributed by atoms with Gasteiger partial charge in [0.2, 0.25) is 5.95 Å². The van der Waals surface area contributed by atoms with E-state index in [1.165, 1.54) is 25.7 Å². The fourth-order valence-corrected chi connectivity index (χ4v) is 2.27. The third-order valence-electron chi connectivity index (χ3n) is 3.19. The van der Waals surface area contributed by atoms with E-state index < -0.39 is 0 Å². The van der Waals surface area contributed by atoms with Gasteiger partial charge >= 0.3 is 12.0 Å². The first kappa shape index (κ1) is 14.8. The highest BCUT2D eigenvalue weighted by molar-refractivity contribution is 5.27. The molecule has 0 saturated heterocycles. The van der Waals surface area contributed by atoms with Gasteiger partial charge in [-0.2, -0.15) is 9.97 Å². The van der Waals surface area contributed by atoms with Crippen LogP contribution in [0, 0.1) is 5.92 Å². The highest BCUT2D eigenvalue weighted by Crippen LogP contribution is 2.25. The highest BCUT2D eigenvalue weighted by atomic mass is 16.5. The predicted molar refractivity (Wildman–Crippen MR) is 77.2 cm³/mol. The van der Waals surface area contributed by atoms with Gasteiger partial charge in [-0.25, -0.2) is 0 Å². The molecule has 6 nitrogen and oxygen atoms in total. The first-order valence-electron chi connectivity index (χ1n) is 7.46. The van der Waals surface area contributed by atoms with E-state index in [4.69, 9.17) is 9.47 Å². The summed E-state index contributed by atoms with van der Waals surface area (Å²) in [5.74, 6) is 1.13. The van der Waals surface area contributed by atoms with E-state index in [2.05, 4.69) is 20.3 Å². The molecule has 0 spiro atoms. The van der Waals surface area contributed by atoms with Crippen molar-refractivity contribution in [3.8, 4) is 12.0 Å². The first-order valence-corrected chi connectivity index (χ1v) is 7.46. The summed E-state index contributed by atoms with van der Waals surface area (Å²) in [4.78, 5) is 12.7. The van der Waals surface area contributed by atoms with Gasteiger partial charge in [0.1, 0.15) is 0 Å². The van der Waals surface area contributed by atoms with Gasteiger partial charge in [0.15, 0.2) is 0 Å². The zero-order chi connectivity index (χ0) is 14.4. The van der Waals surface area contributed by atoms with Gasteiger partial charge in [0.05, 0.1) is 12.7 Å². The molecule has 1 saturated carbocycles. The minimum absolute atomic E-state index is 0.0227. The van der Waals surface area contributed by atoms with Crippen LogP contribution < -0.4 is 14.8 Å². The van der Waals surface area contributed by atoms with Crippen LogP contribution in [0.4, 0.5) is 5.95 Å². The summed E-state index contributed by atoms with van der Waals surface area (Å²) in [6.45, 7) is 7.29. The lowest BCUT2D eigenvalue weighted by Gasteiger charge is -2.13. The number of nitrogens with zero attached hydrogens (tertiary/aromatic N) is 3. The molecule has 0 bridgehead atoms. The monoisotopic (exact) mass is 280 g/mol. The van der Waals surface area contributed by atoms with E-state index in [1.54, 1.807) is 0 Å². The summed E-state index contributed by atoms with van der Waals surface area (Å²) in [6.07, 6.45) is 5.10. The van der Waals surface area contributed by atoms with Crippen molar-refractivity contribution < 1.29 is 9.47 Å². The average molecular weight is 280 g/mol. The fourth-order valence-electron chi connectivity index (χ4n) is 2.27. The van der Waals surface area contributed by atoms with E-state index in [1.807, 2.05) is 20.8 Å². The number of rotatable bonds is 7. The van der Waals surface area contributed by atoms with Crippen molar-refractivity contribution in [2.24, 2.45) is 5.92 Å². The predicted octanol–water partition coefficient (Wildman–Crippen LogP) is 2.66. The second kappa shape index (κ2) is 7.26. The van der Waals surface area contributed by atoms with Crippen LogP contribution >= 0.6 is 0 Å². The Balaban J connectivity index is 2.02. The Labute approximate surface area is 120 Å². The molecule has 1 heterocycles. The normalized spacial score (nSPS) is 15.6. The Morgan fingerprint density at radius 1 is 1.15 bits per heavy atom. The summed E-state index contributed by atoms with van der Waals surface area (Å²) in [5, 5.41) is 3.07. The molecule has 6 heteroatoms. The molecule has 0 unspecified atom stereocenters. The highest BCUT2D eigenvalue weighted by Gasteiger charge is 2.17. The largest absolute Gasteiger partial charge is 0.463 e. The summed E-state index contributed by atoms with van der Waals surface area (Å²) in [6, 6.07) is 0.658. The third-order valence-corrected chi connectivity index (χ3v) is 3.19. The molecule has 20 heavy (non-hydrogen) atoms. The summed E-state index contributed by atoms with van der Waals surface area (Å²) < 4.78 is 11.2. The lowest BCUT2D eigenvalue weighted by Crippen LogP contribution is -2.14. The quantitative estimate of drug-likeness (QED) is 0.828. The van der Waals surface area contributed by atoms with Crippen molar-refractivity contribution in [3.63, 3.8) is 0 Å². The molecular formula is C14H24N4O2. The van der Waals surface area contributed by atoms with Crippen LogP contribution in [0.2, 0.25) is 0 Å². The van der Waals surface area contributed by atoms with Gasteiger partial charge in [-0.15, -0.1) is 4.98 Å². The SMILES string of the molecule is CCNc1nc(OCC2CCCC2)nc(OC(C)C)n1. The van der Waals surface area contributed by atoms with Crippen LogP contribution in [0.5, 0.6) is 12.0 Å². The van der Waals surface area contributed by atoms with Crippen LogP contribution in [0.3, 0.4) is 0 Å². The average Bonchev–Trinajstić information content (AvgIpc) is 2.89. The topological polar surface area (TPSA) is 69.2 Å². The lowest BCUT2D eigenvalue weighted by atomic mass is 10.1. The molecule has 0 radical (unpaired) electrons. The maximum atomic E-state index is 5.72. The minimum Gasteiger partial charge on any atom is -0.463 e. The third kappa shape index (κ3) is 4.51. The number of nitrogens with one attached hydrogen (secondary N) is 1. The number of hydrogen-bond donors (Lipinski definition) is 1.